The molecule has 0 aliphatic carbocycles. The molecule has 0 atom stereocenters. The van der Waals surface area contributed by atoms with E-state index in [-0.39, 0.29) is 10.0 Å². The van der Waals surface area contributed by atoms with Crippen LogP contribution in [0.3, 0.4) is 0 Å². The fourth-order valence-corrected chi connectivity index (χ4v) is 4.33. The van der Waals surface area contributed by atoms with Gasteiger partial charge in [0.15, 0.2) is 11.5 Å². The van der Waals surface area contributed by atoms with E-state index in [0.29, 0.717) is 22.9 Å². The van der Waals surface area contributed by atoms with Gasteiger partial charge in [-0.05, 0) is 29.8 Å². The van der Waals surface area contributed by atoms with Gasteiger partial charge in [-0.25, -0.2) is 8.42 Å². The van der Waals surface area contributed by atoms with E-state index in [2.05, 4.69) is 14.9 Å². The van der Waals surface area contributed by atoms with Crippen molar-refractivity contribution in [3.8, 4) is 11.5 Å². The van der Waals surface area contributed by atoms with Gasteiger partial charge < -0.3 is 9.47 Å². The zero-order chi connectivity index (χ0) is 18.6. The van der Waals surface area contributed by atoms with Crippen LogP contribution in [0.5, 0.6) is 11.5 Å². The first-order chi connectivity index (χ1) is 12.5. The van der Waals surface area contributed by atoms with Crippen LogP contribution in [0.1, 0.15) is 10.6 Å². The Labute approximate surface area is 155 Å². The van der Waals surface area contributed by atoms with Crippen LogP contribution in [0.4, 0.5) is 5.13 Å². The summed E-state index contributed by atoms with van der Waals surface area (Å²) < 4.78 is 37.6. The molecular weight excluding hydrogens is 374 g/mol. The van der Waals surface area contributed by atoms with Crippen LogP contribution in [0.2, 0.25) is 0 Å². The van der Waals surface area contributed by atoms with Crippen molar-refractivity contribution in [2.45, 2.75) is 11.3 Å². The number of rotatable bonds is 7. The van der Waals surface area contributed by atoms with Crippen LogP contribution < -0.4 is 14.2 Å². The molecule has 136 valence electrons. The van der Waals surface area contributed by atoms with Crippen molar-refractivity contribution in [1.29, 1.82) is 0 Å². The van der Waals surface area contributed by atoms with Gasteiger partial charge in [0.2, 0.25) is 5.13 Å². The molecule has 0 saturated heterocycles. The van der Waals surface area contributed by atoms with Crippen LogP contribution in [0.15, 0.2) is 53.4 Å². The van der Waals surface area contributed by atoms with E-state index in [1.165, 1.54) is 23.5 Å². The van der Waals surface area contributed by atoms with Crippen LogP contribution in [-0.2, 0) is 16.4 Å². The first kappa shape index (κ1) is 18.2. The van der Waals surface area contributed by atoms with E-state index in [1.807, 2.05) is 18.2 Å². The number of benzene rings is 2. The maximum Gasteiger partial charge on any atom is 0.263 e. The molecule has 0 bridgehead atoms. The van der Waals surface area contributed by atoms with E-state index < -0.39 is 10.0 Å². The molecule has 0 fully saturated rings. The highest BCUT2D eigenvalue weighted by Gasteiger charge is 2.16. The molecule has 3 aromatic rings. The normalized spacial score (nSPS) is 11.2. The molecule has 9 heteroatoms. The minimum atomic E-state index is -3.67. The minimum Gasteiger partial charge on any atom is -0.493 e. The third-order valence-corrected chi connectivity index (χ3v) is 5.87. The number of sulfonamides is 1. The van der Waals surface area contributed by atoms with Gasteiger partial charge in [0.05, 0.1) is 19.1 Å². The SMILES string of the molecule is COc1ccc(Cc2nnc(NS(=O)(=O)c3ccccc3)s2)cc1OC. The summed E-state index contributed by atoms with van der Waals surface area (Å²) in [4.78, 5) is 0.177. The first-order valence-electron chi connectivity index (χ1n) is 7.63. The second kappa shape index (κ2) is 7.71. The van der Waals surface area contributed by atoms with Gasteiger partial charge in [0.25, 0.3) is 10.0 Å². The predicted molar refractivity (Wildman–Crippen MR) is 99.5 cm³/mol. The lowest BCUT2D eigenvalue weighted by atomic mass is 10.1. The molecular formula is C17H17N3O4S2. The molecule has 0 radical (unpaired) electrons. The maximum absolute atomic E-state index is 12.3. The Morgan fingerprint density at radius 2 is 1.73 bits per heavy atom. The first-order valence-corrected chi connectivity index (χ1v) is 9.93. The van der Waals surface area contributed by atoms with Crippen LogP contribution in [0.25, 0.3) is 0 Å². The molecule has 0 saturated carbocycles. The molecule has 2 aromatic carbocycles. The summed E-state index contributed by atoms with van der Waals surface area (Å²) in [6.45, 7) is 0. The Kier molecular flexibility index (Phi) is 5.38. The highest BCUT2D eigenvalue weighted by Crippen LogP contribution is 2.29. The molecule has 0 spiro atoms. The Morgan fingerprint density at radius 1 is 1.00 bits per heavy atom. The second-order valence-corrected chi connectivity index (χ2v) is 8.03. The Bertz CT molecular complexity index is 988. The van der Waals surface area contributed by atoms with Crippen LogP contribution >= 0.6 is 11.3 Å². The Balaban J connectivity index is 1.74. The van der Waals surface area contributed by atoms with Crippen molar-refractivity contribution in [3.05, 3.63) is 59.1 Å². The van der Waals surface area contributed by atoms with Gasteiger partial charge >= 0.3 is 0 Å². The summed E-state index contributed by atoms with van der Waals surface area (Å²) in [7, 11) is -0.522. The number of anilines is 1. The van der Waals surface area contributed by atoms with Gasteiger partial charge in [-0.15, -0.1) is 10.2 Å². The standard InChI is InChI=1S/C17H17N3O4S2/c1-23-14-9-8-12(10-15(14)24-2)11-16-18-19-17(25-16)20-26(21,22)13-6-4-3-5-7-13/h3-10H,11H2,1-2H3,(H,19,20). The van der Waals surface area contributed by atoms with Crippen molar-refractivity contribution in [1.82, 2.24) is 10.2 Å². The lowest BCUT2D eigenvalue weighted by molar-refractivity contribution is 0.354. The van der Waals surface area contributed by atoms with Crippen molar-refractivity contribution < 1.29 is 17.9 Å². The Hall–Kier alpha value is -2.65. The van der Waals surface area contributed by atoms with Crippen LogP contribution in [0, 0.1) is 0 Å². The smallest absolute Gasteiger partial charge is 0.263 e. The lowest BCUT2D eigenvalue weighted by Gasteiger charge is -2.08. The monoisotopic (exact) mass is 391 g/mol. The number of nitrogens with one attached hydrogen (secondary N) is 1. The third kappa shape index (κ3) is 4.12. The largest absolute Gasteiger partial charge is 0.493 e. The zero-order valence-electron chi connectivity index (χ0n) is 14.2. The molecule has 1 N–H and O–H groups in total. The highest BCUT2D eigenvalue weighted by molar-refractivity contribution is 7.93. The quantitative estimate of drug-likeness (QED) is 0.666. The van der Waals surface area contributed by atoms with E-state index in [9.17, 15) is 8.42 Å². The molecule has 3 rings (SSSR count). The Morgan fingerprint density at radius 3 is 2.42 bits per heavy atom. The number of hydrogen-bond donors (Lipinski definition) is 1. The molecule has 0 amide bonds. The van der Waals surface area contributed by atoms with Gasteiger partial charge in [0.1, 0.15) is 5.01 Å². The van der Waals surface area contributed by atoms with Crippen molar-refractivity contribution >= 4 is 26.5 Å². The summed E-state index contributed by atoms with van der Waals surface area (Å²) in [6.07, 6.45) is 0.505. The summed E-state index contributed by atoms with van der Waals surface area (Å²) >= 11 is 1.19. The number of methoxy groups -OCH3 is 2. The fraction of sp³-hybridized carbons (Fsp3) is 0.176. The molecule has 7 nitrogen and oxygen atoms in total. The molecule has 0 aliphatic heterocycles. The number of ether oxygens (including phenoxy) is 2. The van der Waals surface area contributed by atoms with E-state index >= 15 is 0 Å². The van der Waals surface area contributed by atoms with E-state index in [0.717, 1.165) is 5.56 Å². The maximum atomic E-state index is 12.3. The second-order valence-electron chi connectivity index (χ2n) is 5.29. The van der Waals surface area contributed by atoms with E-state index in [4.69, 9.17) is 9.47 Å². The predicted octanol–water partition coefficient (Wildman–Crippen LogP) is 2.95. The van der Waals surface area contributed by atoms with Crippen LogP contribution in [-0.4, -0.2) is 32.8 Å². The van der Waals surface area contributed by atoms with Gasteiger partial charge in [-0.2, -0.15) is 0 Å². The summed E-state index contributed by atoms with van der Waals surface area (Å²) in [5, 5.41) is 8.89. The topological polar surface area (TPSA) is 90.4 Å². The average molecular weight is 391 g/mol. The highest BCUT2D eigenvalue weighted by atomic mass is 32.2. The third-order valence-electron chi connectivity index (χ3n) is 3.55. The van der Waals surface area contributed by atoms with Gasteiger partial charge in [-0.1, -0.05) is 35.6 Å². The number of aromatic nitrogens is 2. The summed E-state index contributed by atoms with van der Waals surface area (Å²) in [5.74, 6) is 1.27. The van der Waals surface area contributed by atoms with E-state index in [1.54, 1.807) is 32.4 Å². The summed E-state index contributed by atoms with van der Waals surface area (Å²) in [6, 6.07) is 13.7. The van der Waals surface area contributed by atoms with Crippen molar-refractivity contribution in [3.63, 3.8) is 0 Å². The molecule has 1 heterocycles. The molecule has 26 heavy (non-hydrogen) atoms. The number of nitrogens with zero attached hydrogens (tertiary/aromatic N) is 2. The minimum absolute atomic E-state index is 0.177. The van der Waals surface area contributed by atoms with Gasteiger partial charge in [-0.3, -0.25) is 4.72 Å². The molecule has 1 aromatic heterocycles. The van der Waals surface area contributed by atoms with Crippen molar-refractivity contribution in [2.24, 2.45) is 0 Å². The molecule has 0 aliphatic rings. The zero-order valence-corrected chi connectivity index (χ0v) is 15.8. The number of hydrogen-bond acceptors (Lipinski definition) is 7. The van der Waals surface area contributed by atoms with Gasteiger partial charge in [0, 0.05) is 6.42 Å². The average Bonchev–Trinajstić information content (AvgIpc) is 3.08. The molecule has 0 unspecified atom stereocenters. The lowest BCUT2D eigenvalue weighted by Crippen LogP contribution is -2.12. The fourth-order valence-electron chi connectivity index (χ4n) is 2.31. The summed E-state index contributed by atoms with van der Waals surface area (Å²) in [5.41, 5.74) is 0.955. The van der Waals surface area contributed by atoms with Crippen molar-refractivity contribution in [2.75, 3.05) is 18.9 Å².